The van der Waals surface area contributed by atoms with E-state index in [-0.39, 0.29) is 30.9 Å². The second-order valence-corrected chi connectivity index (χ2v) is 5.39. The molecule has 21 heavy (non-hydrogen) atoms. The first-order valence-corrected chi connectivity index (χ1v) is 7.25. The topological polar surface area (TPSA) is 75.6 Å². The fraction of sp³-hybridized carbons (Fsp3) is 0.500. The molecule has 0 radical (unpaired) electrons. The zero-order chi connectivity index (χ0) is 15.2. The first-order valence-electron chi connectivity index (χ1n) is 7.25. The van der Waals surface area contributed by atoms with Gasteiger partial charge in [0.2, 0.25) is 5.91 Å². The number of carboxylic acids is 1. The number of amides is 1. The van der Waals surface area contributed by atoms with E-state index >= 15 is 0 Å². The molecule has 2 rings (SSSR count). The van der Waals surface area contributed by atoms with Gasteiger partial charge in [0.15, 0.2) is 0 Å². The minimum atomic E-state index is -0.912. The van der Waals surface area contributed by atoms with Crippen LogP contribution in [0, 0.1) is 12.8 Å². The van der Waals surface area contributed by atoms with E-state index in [4.69, 9.17) is 9.84 Å². The summed E-state index contributed by atoms with van der Waals surface area (Å²) in [4.78, 5) is 22.7. The van der Waals surface area contributed by atoms with Gasteiger partial charge >= 0.3 is 5.97 Å². The number of ether oxygens (including phenoxy) is 1. The molecule has 2 atom stereocenters. The summed E-state index contributed by atoms with van der Waals surface area (Å²) in [5.74, 6) is -1.29. The molecule has 0 unspecified atom stereocenters. The molecule has 1 aliphatic rings. The number of benzene rings is 1. The van der Waals surface area contributed by atoms with Gasteiger partial charge in [0.25, 0.3) is 0 Å². The molecule has 5 nitrogen and oxygen atoms in total. The number of carbonyl (C=O) groups is 2. The van der Waals surface area contributed by atoms with Gasteiger partial charge in [-0.1, -0.05) is 29.8 Å². The molecule has 1 aromatic rings. The van der Waals surface area contributed by atoms with Crippen LogP contribution in [0.5, 0.6) is 0 Å². The molecule has 0 aliphatic carbocycles. The Bertz CT molecular complexity index is 498. The Morgan fingerprint density at radius 1 is 1.33 bits per heavy atom. The third-order valence-corrected chi connectivity index (χ3v) is 3.70. The minimum Gasteiger partial charge on any atom is -0.481 e. The van der Waals surface area contributed by atoms with Crippen molar-refractivity contribution < 1.29 is 19.4 Å². The summed E-state index contributed by atoms with van der Waals surface area (Å²) in [5.41, 5.74) is 2.16. The molecule has 1 heterocycles. The second kappa shape index (κ2) is 7.22. The molecule has 1 aromatic carbocycles. The highest BCUT2D eigenvalue weighted by molar-refractivity contribution is 5.80. The van der Waals surface area contributed by atoms with Crippen molar-refractivity contribution in [1.82, 2.24) is 5.32 Å². The number of nitrogens with one attached hydrogen (secondary N) is 1. The molecule has 1 fully saturated rings. The molecular weight excluding hydrogens is 270 g/mol. The lowest BCUT2D eigenvalue weighted by Crippen LogP contribution is -2.38. The lowest BCUT2D eigenvalue weighted by molar-refractivity contribution is -0.137. The maximum atomic E-state index is 12.2. The number of hydrogen-bond acceptors (Lipinski definition) is 3. The summed E-state index contributed by atoms with van der Waals surface area (Å²) < 4.78 is 5.79. The highest BCUT2D eigenvalue weighted by Gasteiger charge is 2.32. The Morgan fingerprint density at radius 3 is 2.71 bits per heavy atom. The zero-order valence-electron chi connectivity index (χ0n) is 12.2. The van der Waals surface area contributed by atoms with Crippen molar-refractivity contribution >= 4 is 11.9 Å². The molecule has 0 aromatic heterocycles. The van der Waals surface area contributed by atoms with Crippen LogP contribution < -0.4 is 5.32 Å². The van der Waals surface area contributed by atoms with E-state index in [0.717, 1.165) is 24.0 Å². The van der Waals surface area contributed by atoms with Gasteiger partial charge in [0.05, 0.1) is 18.4 Å². The largest absolute Gasteiger partial charge is 0.481 e. The third kappa shape index (κ3) is 4.29. The van der Waals surface area contributed by atoms with Gasteiger partial charge in [0, 0.05) is 13.2 Å². The number of hydrogen-bond donors (Lipinski definition) is 2. The Labute approximate surface area is 124 Å². The Hall–Kier alpha value is -1.88. The normalized spacial score (nSPS) is 21.8. The number of carboxylic acid groups (broad SMARTS) is 1. The van der Waals surface area contributed by atoms with Gasteiger partial charge in [-0.3, -0.25) is 9.59 Å². The van der Waals surface area contributed by atoms with Crippen LogP contribution in [0.15, 0.2) is 24.3 Å². The molecule has 2 N–H and O–H groups in total. The van der Waals surface area contributed by atoms with Crippen LogP contribution in [0.4, 0.5) is 0 Å². The molecule has 0 saturated carbocycles. The van der Waals surface area contributed by atoms with E-state index < -0.39 is 5.97 Å². The third-order valence-electron chi connectivity index (χ3n) is 3.70. The van der Waals surface area contributed by atoms with Gasteiger partial charge in [0.1, 0.15) is 0 Å². The summed E-state index contributed by atoms with van der Waals surface area (Å²) in [5, 5.41) is 11.3. The van der Waals surface area contributed by atoms with Crippen molar-refractivity contribution in [3.63, 3.8) is 0 Å². The molecule has 0 spiro atoms. The Kier molecular flexibility index (Phi) is 5.33. The second-order valence-electron chi connectivity index (χ2n) is 5.39. The monoisotopic (exact) mass is 291 g/mol. The molecule has 1 aliphatic heterocycles. The SMILES string of the molecule is Cc1ccc([C@@H]2OCCC[C@@H]2C(=O)NCCC(=O)O)cc1. The molecule has 5 heteroatoms. The van der Waals surface area contributed by atoms with Gasteiger partial charge in [-0.25, -0.2) is 0 Å². The van der Waals surface area contributed by atoms with Crippen LogP contribution in [0.2, 0.25) is 0 Å². The lowest BCUT2D eigenvalue weighted by Gasteiger charge is -2.31. The lowest BCUT2D eigenvalue weighted by atomic mass is 9.88. The highest BCUT2D eigenvalue weighted by atomic mass is 16.5. The van der Waals surface area contributed by atoms with Crippen LogP contribution in [0.25, 0.3) is 0 Å². The number of carbonyl (C=O) groups excluding carboxylic acids is 1. The van der Waals surface area contributed by atoms with Crippen LogP contribution in [0.1, 0.15) is 36.5 Å². The molecule has 114 valence electrons. The minimum absolute atomic E-state index is 0.0610. The maximum absolute atomic E-state index is 12.2. The van der Waals surface area contributed by atoms with Gasteiger partial charge in [-0.05, 0) is 25.3 Å². The van der Waals surface area contributed by atoms with Crippen molar-refractivity contribution in [2.24, 2.45) is 5.92 Å². The van der Waals surface area contributed by atoms with Crippen LogP contribution in [-0.2, 0) is 14.3 Å². The summed E-state index contributed by atoms with van der Waals surface area (Å²) in [6.45, 7) is 2.82. The van der Waals surface area contributed by atoms with Crippen LogP contribution in [0.3, 0.4) is 0 Å². The average Bonchev–Trinajstić information content (AvgIpc) is 2.47. The summed E-state index contributed by atoms with van der Waals surface area (Å²) in [7, 11) is 0. The molecule has 0 bridgehead atoms. The molecule has 1 saturated heterocycles. The fourth-order valence-corrected chi connectivity index (χ4v) is 2.56. The smallest absolute Gasteiger partial charge is 0.305 e. The molecule has 1 amide bonds. The van der Waals surface area contributed by atoms with Crippen LogP contribution >= 0.6 is 0 Å². The number of aryl methyl sites for hydroxylation is 1. The van der Waals surface area contributed by atoms with Crippen molar-refractivity contribution in [3.05, 3.63) is 35.4 Å². The molecular formula is C16H21NO4. The first kappa shape index (κ1) is 15.5. The highest BCUT2D eigenvalue weighted by Crippen LogP contribution is 2.33. The van der Waals surface area contributed by atoms with E-state index in [1.54, 1.807) is 0 Å². The predicted octanol–water partition coefficient (Wildman–Crippen LogP) is 2.05. The summed E-state index contributed by atoms with van der Waals surface area (Å²) >= 11 is 0. The van der Waals surface area contributed by atoms with Gasteiger partial charge in [-0.15, -0.1) is 0 Å². The predicted molar refractivity (Wildman–Crippen MR) is 77.9 cm³/mol. The average molecular weight is 291 g/mol. The number of aliphatic carboxylic acids is 1. The number of rotatable bonds is 5. The van der Waals surface area contributed by atoms with Crippen LogP contribution in [-0.4, -0.2) is 30.1 Å². The maximum Gasteiger partial charge on any atom is 0.305 e. The Balaban J connectivity index is 2.02. The standard InChI is InChI=1S/C16H21NO4/c1-11-4-6-12(7-5-11)15-13(3-2-10-21-15)16(20)17-9-8-14(18)19/h4-7,13,15H,2-3,8-10H2,1H3,(H,17,20)(H,18,19)/t13-,15-/m0/s1. The van der Waals surface area contributed by atoms with Crippen molar-refractivity contribution in [3.8, 4) is 0 Å². The zero-order valence-corrected chi connectivity index (χ0v) is 12.2. The first-order chi connectivity index (χ1) is 10.1. The fourth-order valence-electron chi connectivity index (χ4n) is 2.56. The van der Waals surface area contributed by atoms with Crippen molar-refractivity contribution in [2.45, 2.75) is 32.3 Å². The van der Waals surface area contributed by atoms with E-state index in [9.17, 15) is 9.59 Å². The van der Waals surface area contributed by atoms with E-state index in [1.807, 2.05) is 31.2 Å². The quantitative estimate of drug-likeness (QED) is 0.870. The van der Waals surface area contributed by atoms with E-state index in [1.165, 1.54) is 0 Å². The van der Waals surface area contributed by atoms with Crippen molar-refractivity contribution in [1.29, 1.82) is 0 Å². The van der Waals surface area contributed by atoms with E-state index in [2.05, 4.69) is 5.32 Å². The van der Waals surface area contributed by atoms with Crippen molar-refractivity contribution in [2.75, 3.05) is 13.2 Å². The summed E-state index contributed by atoms with van der Waals surface area (Å²) in [6.07, 6.45) is 1.30. The van der Waals surface area contributed by atoms with Gasteiger partial charge in [-0.2, -0.15) is 0 Å². The van der Waals surface area contributed by atoms with Gasteiger partial charge < -0.3 is 15.2 Å². The summed E-state index contributed by atoms with van der Waals surface area (Å²) in [6, 6.07) is 7.99. The Morgan fingerprint density at radius 2 is 2.05 bits per heavy atom. The van der Waals surface area contributed by atoms with E-state index in [0.29, 0.717) is 6.61 Å².